The third-order valence-electron chi connectivity index (χ3n) is 4.96. The predicted molar refractivity (Wildman–Crippen MR) is 114 cm³/mol. The molecule has 29 heavy (non-hydrogen) atoms. The van der Waals surface area contributed by atoms with E-state index in [1.54, 1.807) is 15.8 Å². The molecule has 0 bridgehead atoms. The van der Waals surface area contributed by atoms with Gasteiger partial charge < -0.3 is 14.4 Å². The summed E-state index contributed by atoms with van der Waals surface area (Å²) in [6.45, 7) is 6.09. The van der Waals surface area contributed by atoms with Gasteiger partial charge in [-0.25, -0.2) is 4.68 Å². The topological polar surface area (TPSA) is 56.6 Å². The highest BCUT2D eigenvalue weighted by Crippen LogP contribution is 2.31. The fourth-order valence-electron chi connectivity index (χ4n) is 3.37. The number of aromatic nitrogens is 2. The van der Waals surface area contributed by atoms with Gasteiger partial charge in [0.1, 0.15) is 13.2 Å². The van der Waals surface area contributed by atoms with E-state index in [-0.39, 0.29) is 5.91 Å². The molecule has 150 valence electrons. The molecule has 0 radical (unpaired) electrons. The van der Waals surface area contributed by atoms with Crippen LogP contribution in [-0.2, 0) is 6.54 Å². The van der Waals surface area contributed by atoms with Crippen LogP contribution in [0.3, 0.4) is 0 Å². The zero-order valence-electron chi connectivity index (χ0n) is 16.4. The minimum atomic E-state index is -0.0387. The number of rotatable bonds is 5. The molecule has 3 aromatic rings. The maximum Gasteiger partial charge on any atom is 0.257 e. The van der Waals surface area contributed by atoms with E-state index in [0.29, 0.717) is 31.9 Å². The Balaban J connectivity index is 1.55. The van der Waals surface area contributed by atoms with Crippen LogP contribution in [0.2, 0.25) is 0 Å². The molecule has 0 aliphatic carbocycles. The van der Waals surface area contributed by atoms with Crippen LogP contribution in [0.5, 0.6) is 11.5 Å². The lowest BCUT2D eigenvalue weighted by Gasteiger charge is -2.23. The summed E-state index contributed by atoms with van der Waals surface area (Å²) < 4.78 is 14.0. The van der Waals surface area contributed by atoms with Crippen molar-refractivity contribution in [2.45, 2.75) is 20.4 Å². The van der Waals surface area contributed by atoms with Crippen molar-refractivity contribution in [3.8, 4) is 17.2 Å². The molecule has 4 rings (SSSR count). The number of amides is 1. The number of hydrogen-bond acceptors (Lipinski definition) is 4. The molecule has 0 saturated heterocycles. The number of carbonyl (C=O) groups excluding carboxylic acids is 1. The highest BCUT2D eigenvalue weighted by molar-refractivity contribution is 9.10. The molecular formula is C22H22BrN3O3. The van der Waals surface area contributed by atoms with Gasteiger partial charge in [0.15, 0.2) is 11.5 Å². The van der Waals surface area contributed by atoms with E-state index in [1.807, 2.05) is 56.3 Å². The van der Waals surface area contributed by atoms with Gasteiger partial charge in [0.2, 0.25) is 0 Å². The first-order chi connectivity index (χ1) is 14.1. The largest absolute Gasteiger partial charge is 0.486 e. The van der Waals surface area contributed by atoms with Gasteiger partial charge in [-0.3, -0.25) is 4.79 Å². The molecule has 0 fully saturated rings. The molecule has 0 saturated carbocycles. The molecule has 1 aliphatic heterocycles. The Morgan fingerprint density at radius 3 is 2.59 bits per heavy atom. The molecule has 0 atom stereocenters. The molecule has 1 aromatic heterocycles. The Morgan fingerprint density at radius 1 is 1.14 bits per heavy atom. The lowest BCUT2D eigenvalue weighted by molar-refractivity contribution is 0.0751. The lowest BCUT2D eigenvalue weighted by atomic mass is 10.1. The van der Waals surface area contributed by atoms with Crippen molar-refractivity contribution >= 4 is 21.8 Å². The number of benzene rings is 2. The summed E-state index contributed by atoms with van der Waals surface area (Å²) in [7, 11) is 0. The number of hydrogen-bond donors (Lipinski definition) is 0. The standard InChI is InChI=1S/C22H22BrN3O3/c1-3-25(14-16-4-9-20-21(12-16)29-11-10-28-20)22(27)19-13-24-26(15(19)2)18-7-5-17(23)6-8-18/h4-9,12-13H,3,10-11,14H2,1-2H3. The van der Waals surface area contributed by atoms with Gasteiger partial charge in [-0.05, 0) is 55.8 Å². The smallest absolute Gasteiger partial charge is 0.257 e. The monoisotopic (exact) mass is 455 g/mol. The van der Waals surface area contributed by atoms with Crippen LogP contribution in [-0.4, -0.2) is 40.3 Å². The van der Waals surface area contributed by atoms with Crippen LogP contribution in [0.25, 0.3) is 5.69 Å². The first-order valence-electron chi connectivity index (χ1n) is 9.55. The SMILES string of the molecule is CCN(Cc1ccc2c(c1)OCCO2)C(=O)c1cnn(-c2ccc(Br)cc2)c1C. The summed E-state index contributed by atoms with van der Waals surface area (Å²) in [4.78, 5) is 15.0. The first kappa shape index (κ1) is 19.5. The average Bonchev–Trinajstić information content (AvgIpc) is 3.13. The molecule has 2 heterocycles. The predicted octanol–water partition coefficient (Wildman–Crippen LogP) is 4.38. The summed E-state index contributed by atoms with van der Waals surface area (Å²) in [6, 6.07) is 13.7. The second-order valence-corrected chi connectivity index (χ2v) is 7.74. The third kappa shape index (κ3) is 4.00. The summed E-state index contributed by atoms with van der Waals surface area (Å²) in [6.07, 6.45) is 1.65. The Morgan fingerprint density at radius 2 is 1.86 bits per heavy atom. The van der Waals surface area contributed by atoms with Crippen LogP contribution < -0.4 is 9.47 Å². The molecule has 2 aromatic carbocycles. The van der Waals surface area contributed by atoms with Crippen LogP contribution in [0.1, 0.15) is 28.5 Å². The lowest BCUT2D eigenvalue weighted by Crippen LogP contribution is -2.30. The van der Waals surface area contributed by atoms with Crippen LogP contribution in [0, 0.1) is 6.92 Å². The summed E-state index contributed by atoms with van der Waals surface area (Å²) in [5, 5.41) is 4.44. The van der Waals surface area contributed by atoms with Gasteiger partial charge in [-0.15, -0.1) is 0 Å². The molecule has 0 N–H and O–H groups in total. The Bertz CT molecular complexity index is 1030. The Labute approximate surface area is 178 Å². The average molecular weight is 456 g/mol. The van der Waals surface area contributed by atoms with Crippen molar-refractivity contribution in [3.63, 3.8) is 0 Å². The number of nitrogens with zero attached hydrogens (tertiary/aromatic N) is 3. The molecule has 6 nitrogen and oxygen atoms in total. The molecular weight excluding hydrogens is 434 g/mol. The minimum absolute atomic E-state index is 0.0387. The maximum atomic E-state index is 13.2. The summed E-state index contributed by atoms with van der Waals surface area (Å²) >= 11 is 3.44. The Hall–Kier alpha value is -2.80. The maximum absolute atomic E-state index is 13.2. The number of carbonyl (C=O) groups is 1. The zero-order valence-corrected chi connectivity index (χ0v) is 18.0. The van der Waals surface area contributed by atoms with Gasteiger partial charge in [-0.1, -0.05) is 22.0 Å². The molecule has 7 heteroatoms. The van der Waals surface area contributed by atoms with Crippen molar-refractivity contribution < 1.29 is 14.3 Å². The summed E-state index contributed by atoms with van der Waals surface area (Å²) in [5.74, 6) is 1.45. The van der Waals surface area contributed by atoms with E-state index >= 15 is 0 Å². The van der Waals surface area contributed by atoms with Crippen molar-refractivity contribution in [1.82, 2.24) is 14.7 Å². The van der Waals surface area contributed by atoms with Crippen molar-refractivity contribution in [2.75, 3.05) is 19.8 Å². The van der Waals surface area contributed by atoms with Crippen LogP contribution in [0.4, 0.5) is 0 Å². The summed E-state index contributed by atoms with van der Waals surface area (Å²) in [5.41, 5.74) is 3.34. The van der Waals surface area contributed by atoms with Gasteiger partial charge >= 0.3 is 0 Å². The van der Waals surface area contributed by atoms with Gasteiger partial charge in [-0.2, -0.15) is 5.10 Å². The van der Waals surface area contributed by atoms with Gasteiger partial charge in [0, 0.05) is 17.6 Å². The van der Waals surface area contributed by atoms with E-state index in [0.717, 1.165) is 32.9 Å². The Kier molecular flexibility index (Phi) is 5.58. The van der Waals surface area contributed by atoms with E-state index in [2.05, 4.69) is 21.0 Å². The highest BCUT2D eigenvalue weighted by Gasteiger charge is 2.21. The second kappa shape index (κ2) is 8.29. The second-order valence-electron chi connectivity index (χ2n) is 6.83. The number of halogens is 1. The number of ether oxygens (including phenoxy) is 2. The normalized spacial score (nSPS) is 12.7. The van der Waals surface area contributed by atoms with E-state index in [4.69, 9.17) is 9.47 Å². The first-order valence-corrected chi connectivity index (χ1v) is 10.3. The minimum Gasteiger partial charge on any atom is -0.486 e. The quantitative estimate of drug-likeness (QED) is 0.572. The van der Waals surface area contributed by atoms with E-state index < -0.39 is 0 Å². The zero-order chi connectivity index (χ0) is 20.4. The van der Waals surface area contributed by atoms with E-state index in [9.17, 15) is 4.79 Å². The van der Waals surface area contributed by atoms with Crippen molar-refractivity contribution in [1.29, 1.82) is 0 Å². The molecule has 1 amide bonds. The van der Waals surface area contributed by atoms with E-state index in [1.165, 1.54) is 0 Å². The van der Waals surface area contributed by atoms with Crippen LogP contribution in [0.15, 0.2) is 53.1 Å². The fourth-order valence-corrected chi connectivity index (χ4v) is 3.63. The van der Waals surface area contributed by atoms with Crippen LogP contribution >= 0.6 is 15.9 Å². The molecule has 1 aliphatic rings. The fraction of sp³-hybridized carbons (Fsp3) is 0.273. The molecule has 0 spiro atoms. The number of fused-ring (bicyclic) bond motifs is 1. The van der Waals surface area contributed by atoms with Gasteiger partial charge in [0.25, 0.3) is 5.91 Å². The van der Waals surface area contributed by atoms with Gasteiger partial charge in [0.05, 0.1) is 23.1 Å². The molecule has 0 unspecified atom stereocenters. The third-order valence-corrected chi connectivity index (χ3v) is 5.49. The van der Waals surface area contributed by atoms with Crippen molar-refractivity contribution in [3.05, 3.63) is 70.0 Å². The van der Waals surface area contributed by atoms with Crippen molar-refractivity contribution in [2.24, 2.45) is 0 Å². The highest BCUT2D eigenvalue weighted by atomic mass is 79.9.